The lowest BCUT2D eigenvalue weighted by Crippen LogP contribution is -2.44. The van der Waals surface area contributed by atoms with Gasteiger partial charge in [0.15, 0.2) is 9.84 Å². The zero-order valence-electron chi connectivity index (χ0n) is 25.6. The van der Waals surface area contributed by atoms with Gasteiger partial charge < -0.3 is 20.1 Å². The van der Waals surface area contributed by atoms with E-state index in [1.807, 2.05) is 18.7 Å². The molecule has 0 saturated carbocycles. The van der Waals surface area contributed by atoms with Gasteiger partial charge in [-0.25, -0.2) is 8.42 Å². The largest absolute Gasteiger partial charge is 0.359 e. The summed E-state index contributed by atoms with van der Waals surface area (Å²) in [6.07, 6.45) is 6.78. The number of nitrogens with one attached hydrogen (secondary N) is 2. The number of rotatable bonds is 8. The molecule has 45 heavy (non-hydrogen) atoms. The number of amides is 2. The van der Waals surface area contributed by atoms with E-state index in [2.05, 4.69) is 15.2 Å². The fraction of sp³-hybridized carbons (Fsp3) is 0.412. The minimum absolute atomic E-state index is 0.0647. The van der Waals surface area contributed by atoms with Gasteiger partial charge in [-0.05, 0) is 106 Å². The first-order valence-electron chi connectivity index (χ1n) is 15.5. The molecule has 8 nitrogen and oxygen atoms in total. The number of benzene rings is 2. The number of hydrogen-bond acceptors (Lipinski definition) is 5. The molecule has 0 aliphatic carbocycles. The van der Waals surface area contributed by atoms with Gasteiger partial charge in [-0.1, -0.05) is 29.3 Å². The van der Waals surface area contributed by atoms with Gasteiger partial charge >= 0.3 is 0 Å². The summed E-state index contributed by atoms with van der Waals surface area (Å²) in [5, 5.41) is 3.39. The zero-order valence-corrected chi connectivity index (χ0v) is 27.9. The smallest absolute Gasteiger partial charge is 0.256 e. The van der Waals surface area contributed by atoms with Crippen LogP contribution in [0.15, 0.2) is 41.3 Å². The van der Waals surface area contributed by atoms with Crippen molar-refractivity contribution in [2.45, 2.75) is 56.6 Å². The number of carbonyl (C=O) groups excluding carboxylic acids is 2. The summed E-state index contributed by atoms with van der Waals surface area (Å²) in [6.45, 7) is 8.90. The van der Waals surface area contributed by atoms with E-state index < -0.39 is 9.84 Å². The predicted molar refractivity (Wildman–Crippen MR) is 179 cm³/mol. The van der Waals surface area contributed by atoms with Crippen molar-refractivity contribution in [3.63, 3.8) is 0 Å². The molecule has 2 fully saturated rings. The number of nitrogens with zero attached hydrogens (tertiary/aromatic N) is 2. The Kier molecular flexibility index (Phi) is 9.17. The normalized spacial score (nSPS) is 19.7. The van der Waals surface area contributed by atoms with Crippen molar-refractivity contribution in [1.29, 1.82) is 0 Å². The van der Waals surface area contributed by atoms with Gasteiger partial charge in [0.1, 0.15) is 0 Å². The molecule has 0 unspecified atom stereocenters. The molecule has 4 heterocycles. The van der Waals surface area contributed by atoms with E-state index in [0.717, 1.165) is 48.6 Å². The lowest BCUT2D eigenvalue weighted by Gasteiger charge is -2.35. The molecule has 3 aromatic rings. The number of likely N-dealkylation sites (tertiary alicyclic amines) is 2. The number of anilines is 1. The summed E-state index contributed by atoms with van der Waals surface area (Å²) in [6, 6.07) is 9.46. The lowest BCUT2D eigenvalue weighted by molar-refractivity contribution is -0.132. The van der Waals surface area contributed by atoms with Crippen molar-refractivity contribution in [1.82, 2.24) is 14.8 Å². The molecule has 2 N–H and O–H groups in total. The molecular formula is C34H38Cl2N4O4S. The Labute approximate surface area is 274 Å². The molecule has 0 radical (unpaired) electrons. The van der Waals surface area contributed by atoms with Crippen molar-refractivity contribution in [3.8, 4) is 0 Å². The van der Waals surface area contributed by atoms with Crippen LogP contribution in [-0.4, -0.2) is 67.7 Å². The highest BCUT2D eigenvalue weighted by Gasteiger charge is 2.30. The number of H-pyrrole nitrogens is 1. The van der Waals surface area contributed by atoms with E-state index in [-0.39, 0.29) is 32.5 Å². The Balaban J connectivity index is 1.21. The summed E-state index contributed by atoms with van der Waals surface area (Å²) >= 11 is 12.5. The van der Waals surface area contributed by atoms with E-state index in [0.29, 0.717) is 34.7 Å². The Morgan fingerprint density at radius 3 is 2.49 bits per heavy atom. The van der Waals surface area contributed by atoms with Gasteiger partial charge in [0, 0.05) is 57.9 Å². The van der Waals surface area contributed by atoms with Crippen LogP contribution in [0.1, 0.15) is 59.3 Å². The average Bonchev–Trinajstić information content (AvgIpc) is 3.70. The number of fused-ring (bicyclic) bond motifs is 1. The number of aromatic nitrogens is 1. The first-order valence-corrected chi connectivity index (χ1v) is 17.9. The second kappa shape index (κ2) is 12.9. The number of halogens is 2. The van der Waals surface area contributed by atoms with Crippen LogP contribution in [0.4, 0.5) is 5.69 Å². The maximum atomic E-state index is 13.5. The van der Waals surface area contributed by atoms with Gasteiger partial charge in [0.05, 0.1) is 22.6 Å². The van der Waals surface area contributed by atoms with Crippen LogP contribution in [0.25, 0.3) is 11.6 Å². The maximum absolute atomic E-state index is 13.5. The molecule has 2 saturated heterocycles. The number of carbonyl (C=O) groups is 2. The Bertz CT molecular complexity index is 1770. The van der Waals surface area contributed by atoms with Crippen molar-refractivity contribution >= 4 is 62.2 Å². The average molecular weight is 670 g/mol. The Hall–Kier alpha value is -3.11. The van der Waals surface area contributed by atoms with Gasteiger partial charge in [-0.15, -0.1) is 0 Å². The number of hydrogen-bond donors (Lipinski definition) is 2. The minimum atomic E-state index is -3.83. The van der Waals surface area contributed by atoms with E-state index in [9.17, 15) is 18.0 Å². The molecule has 11 heteroatoms. The monoisotopic (exact) mass is 668 g/mol. The van der Waals surface area contributed by atoms with Crippen LogP contribution >= 0.6 is 23.2 Å². The second-order valence-corrected chi connectivity index (χ2v) is 15.3. The molecule has 238 valence electrons. The van der Waals surface area contributed by atoms with Gasteiger partial charge in [-0.3, -0.25) is 9.59 Å². The molecule has 2 amide bonds. The van der Waals surface area contributed by atoms with Crippen LogP contribution in [0.5, 0.6) is 0 Å². The van der Waals surface area contributed by atoms with Crippen LogP contribution in [0, 0.1) is 19.8 Å². The molecule has 0 spiro atoms. The topological polar surface area (TPSA) is 103 Å². The molecule has 6 rings (SSSR count). The van der Waals surface area contributed by atoms with Crippen molar-refractivity contribution in [2.75, 3.05) is 38.0 Å². The Morgan fingerprint density at radius 2 is 1.76 bits per heavy atom. The summed E-state index contributed by atoms with van der Waals surface area (Å²) in [5.41, 5.74) is 5.13. The first-order chi connectivity index (χ1) is 21.5. The van der Waals surface area contributed by atoms with Crippen LogP contribution in [0.3, 0.4) is 0 Å². The summed E-state index contributed by atoms with van der Waals surface area (Å²) in [5.74, 6) is -0.0447. The molecule has 2 aromatic carbocycles. The van der Waals surface area contributed by atoms with Crippen molar-refractivity contribution < 1.29 is 18.0 Å². The van der Waals surface area contributed by atoms with E-state index in [1.54, 1.807) is 30.3 Å². The van der Waals surface area contributed by atoms with Gasteiger partial charge in [0.2, 0.25) is 5.91 Å². The number of piperidine rings is 1. The van der Waals surface area contributed by atoms with Crippen LogP contribution in [-0.2, 0) is 31.6 Å². The third-order valence-electron chi connectivity index (χ3n) is 9.36. The SMILES string of the molecule is Cc1[nH]c(/C=C2\C(=O)Nc3ccc(S(=O)(=O)Cc4c(Cl)cccc4Cl)cc32)c(C)c1CC(=O)N1CCC[C@@H](CN2CCCC2)C1. The highest BCUT2D eigenvalue weighted by molar-refractivity contribution is 7.90. The highest BCUT2D eigenvalue weighted by atomic mass is 35.5. The summed E-state index contributed by atoms with van der Waals surface area (Å²) in [4.78, 5) is 34.5. The second-order valence-electron chi connectivity index (χ2n) is 12.5. The molecule has 1 atom stereocenters. The Morgan fingerprint density at radius 1 is 1.02 bits per heavy atom. The van der Waals surface area contributed by atoms with Crippen molar-refractivity contribution in [3.05, 3.63) is 80.1 Å². The molecule has 1 aromatic heterocycles. The lowest BCUT2D eigenvalue weighted by atomic mass is 9.96. The molecule has 3 aliphatic rings. The van der Waals surface area contributed by atoms with E-state index >= 15 is 0 Å². The third-order valence-corrected chi connectivity index (χ3v) is 11.7. The number of sulfone groups is 1. The fourth-order valence-electron chi connectivity index (χ4n) is 6.85. The standard InChI is InChI=1S/C34H38Cl2N4O4S/c1-21-25(17-33(41)40-14-6-7-23(19-40)18-39-12-3-4-13-39)22(2)37-32(21)16-27-26-15-24(10-11-31(26)38-34(27)42)45(43,44)20-28-29(35)8-5-9-30(28)36/h5,8-11,15-16,23,37H,3-4,6-7,12-14,17-20H2,1-2H3,(H,38,42)/b27-16-/t23-/m0/s1. The zero-order chi connectivity index (χ0) is 31.9. The highest BCUT2D eigenvalue weighted by Crippen LogP contribution is 2.37. The number of aryl methyl sites for hydroxylation is 1. The van der Waals surface area contributed by atoms with Crippen molar-refractivity contribution in [2.24, 2.45) is 5.92 Å². The van der Waals surface area contributed by atoms with E-state index in [4.69, 9.17) is 23.2 Å². The minimum Gasteiger partial charge on any atom is -0.359 e. The maximum Gasteiger partial charge on any atom is 0.256 e. The van der Waals surface area contributed by atoms with Crippen LogP contribution in [0.2, 0.25) is 10.0 Å². The number of aromatic amines is 1. The summed E-state index contributed by atoms with van der Waals surface area (Å²) < 4.78 is 26.8. The summed E-state index contributed by atoms with van der Waals surface area (Å²) in [7, 11) is -3.83. The van der Waals surface area contributed by atoms with E-state index in [1.165, 1.54) is 44.5 Å². The molecule has 0 bridgehead atoms. The fourth-order valence-corrected chi connectivity index (χ4v) is 8.97. The van der Waals surface area contributed by atoms with Gasteiger partial charge in [-0.2, -0.15) is 0 Å². The third kappa shape index (κ3) is 6.73. The van der Waals surface area contributed by atoms with Crippen LogP contribution < -0.4 is 5.32 Å². The molecule has 3 aliphatic heterocycles. The predicted octanol–water partition coefficient (Wildman–Crippen LogP) is 6.28. The molecular weight excluding hydrogens is 631 g/mol. The quantitative estimate of drug-likeness (QED) is 0.275. The van der Waals surface area contributed by atoms with Gasteiger partial charge in [0.25, 0.3) is 5.91 Å². The first kappa shape index (κ1) is 31.9.